The Hall–Kier alpha value is -0.510. The summed E-state index contributed by atoms with van der Waals surface area (Å²) in [7, 11) is 0. The molecule has 0 aliphatic heterocycles. The van der Waals surface area contributed by atoms with Crippen molar-refractivity contribution in [3.63, 3.8) is 0 Å². The van der Waals surface area contributed by atoms with Crippen LogP contribution in [0.15, 0.2) is 24.3 Å². The van der Waals surface area contributed by atoms with Gasteiger partial charge in [0.25, 0.3) is 0 Å². The number of aryl methyl sites for hydroxylation is 1. The minimum atomic E-state index is 0.249. The van der Waals surface area contributed by atoms with Crippen LogP contribution in [0.2, 0.25) is 0 Å². The van der Waals surface area contributed by atoms with Crippen molar-refractivity contribution in [2.24, 2.45) is 5.84 Å². The summed E-state index contributed by atoms with van der Waals surface area (Å²) in [5.41, 5.74) is 5.62. The third-order valence-corrected chi connectivity index (χ3v) is 3.88. The fourth-order valence-corrected chi connectivity index (χ4v) is 2.65. The van der Waals surface area contributed by atoms with E-state index in [0.29, 0.717) is 5.25 Å². The Bertz CT molecular complexity index is 326. The summed E-state index contributed by atoms with van der Waals surface area (Å²) in [6.45, 7) is 6.64. The molecule has 96 valence electrons. The SMILES string of the molecule is CCCc1cccc(C(CSC(C)C)NN)c1. The number of thioether (sulfide) groups is 1. The van der Waals surface area contributed by atoms with Crippen LogP contribution in [0.25, 0.3) is 0 Å². The van der Waals surface area contributed by atoms with Gasteiger partial charge in [0.05, 0.1) is 6.04 Å². The van der Waals surface area contributed by atoms with Crippen molar-refractivity contribution in [1.82, 2.24) is 5.43 Å². The molecule has 0 aliphatic carbocycles. The first-order valence-corrected chi connectivity index (χ1v) is 7.38. The van der Waals surface area contributed by atoms with Gasteiger partial charge in [-0.05, 0) is 22.8 Å². The van der Waals surface area contributed by atoms with Gasteiger partial charge in [0.2, 0.25) is 0 Å². The van der Waals surface area contributed by atoms with E-state index in [1.54, 1.807) is 0 Å². The fraction of sp³-hybridized carbons (Fsp3) is 0.571. The standard InChI is InChI=1S/C14H24N2S/c1-4-6-12-7-5-8-13(9-12)14(16-15)10-17-11(2)3/h5,7-9,11,14,16H,4,6,10,15H2,1-3H3. The summed E-state index contributed by atoms with van der Waals surface area (Å²) in [5.74, 6) is 6.67. The Morgan fingerprint density at radius 3 is 2.71 bits per heavy atom. The van der Waals surface area contributed by atoms with Crippen molar-refractivity contribution in [2.75, 3.05) is 5.75 Å². The lowest BCUT2D eigenvalue weighted by atomic mass is 10.0. The van der Waals surface area contributed by atoms with Crippen LogP contribution in [0, 0.1) is 0 Å². The second kappa shape index (κ2) is 7.75. The largest absolute Gasteiger partial charge is 0.271 e. The predicted octanol–water partition coefficient (Wildman–Crippen LogP) is 3.29. The molecule has 0 saturated heterocycles. The van der Waals surface area contributed by atoms with E-state index in [2.05, 4.69) is 50.5 Å². The van der Waals surface area contributed by atoms with Gasteiger partial charge in [-0.25, -0.2) is 0 Å². The van der Waals surface area contributed by atoms with Gasteiger partial charge >= 0.3 is 0 Å². The molecule has 0 amide bonds. The molecular formula is C14H24N2S. The van der Waals surface area contributed by atoms with Gasteiger partial charge < -0.3 is 0 Å². The number of nitrogens with two attached hydrogens (primary N) is 1. The van der Waals surface area contributed by atoms with E-state index in [4.69, 9.17) is 5.84 Å². The van der Waals surface area contributed by atoms with Crippen molar-refractivity contribution in [1.29, 1.82) is 0 Å². The summed E-state index contributed by atoms with van der Waals surface area (Å²) in [5, 5.41) is 0.643. The first-order chi connectivity index (χ1) is 8.17. The lowest BCUT2D eigenvalue weighted by Gasteiger charge is -2.18. The molecule has 1 aromatic rings. The van der Waals surface area contributed by atoms with Crippen LogP contribution in [0.5, 0.6) is 0 Å². The monoisotopic (exact) mass is 252 g/mol. The molecule has 2 nitrogen and oxygen atoms in total. The second-order valence-electron chi connectivity index (χ2n) is 4.60. The van der Waals surface area contributed by atoms with Gasteiger partial charge in [-0.15, -0.1) is 0 Å². The highest BCUT2D eigenvalue weighted by atomic mass is 32.2. The minimum absolute atomic E-state index is 0.249. The zero-order valence-electron chi connectivity index (χ0n) is 11.1. The lowest BCUT2D eigenvalue weighted by Crippen LogP contribution is -2.30. The van der Waals surface area contributed by atoms with Crippen LogP contribution in [0.1, 0.15) is 44.4 Å². The maximum atomic E-state index is 5.65. The Kier molecular flexibility index (Phi) is 6.63. The number of rotatable bonds is 7. The van der Waals surface area contributed by atoms with E-state index >= 15 is 0 Å². The third-order valence-electron chi connectivity index (χ3n) is 2.69. The lowest BCUT2D eigenvalue weighted by molar-refractivity contribution is 0.609. The summed E-state index contributed by atoms with van der Waals surface area (Å²) >= 11 is 1.94. The van der Waals surface area contributed by atoms with E-state index in [1.165, 1.54) is 17.5 Å². The highest BCUT2D eigenvalue weighted by Gasteiger charge is 2.10. The Morgan fingerprint density at radius 2 is 2.12 bits per heavy atom. The summed E-state index contributed by atoms with van der Waals surface area (Å²) in [6, 6.07) is 9.00. The van der Waals surface area contributed by atoms with Crippen LogP contribution in [0.3, 0.4) is 0 Å². The van der Waals surface area contributed by atoms with Crippen molar-refractivity contribution in [2.45, 2.75) is 44.9 Å². The van der Waals surface area contributed by atoms with E-state index in [0.717, 1.165) is 12.2 Å². The number of hydrazine groups is 1. The first kappa shape index (κ1) is 14.6. The molecule has 0 bridgehead atoms. The number of hydrogen-bond acceptors (Lipinski definition) is 3. The molecule has 3 N–H and O–H groups in total. The van der Waals surface area contributed by atoms with Gasteiger partial charge in [-0.2, -0.15) is 11.8 Å². The predicted molar refractivity (Wildman–Crippen MR) is 78.1 cm³/mol. The number of benzene rings is 1. The molecule has 1 rings (SSSR count). The third kappa shape index (κ3) is 5.11. The van der Waals surface area contributed by atoms with Crippen molar-refractivity contribution >= 4 is 11.8 Å². The smallest absolute Gasteiger partial charge is 0.0550 e. The molecule has 1 unspecified atom stereocenters. The second-order valence-corrected chi connectivity index (χ2v) is 6.21. The van der Waals surface area contributed by atoms with E-state index in [1.807, 2.05) is 11.8 Å². The maximum Gasteiger partial charge on any atom is 0.0550 e. The molecule has 0 heterocycles. The quantitative estimate of drug-likeness (QED) is 0.578. The van der Waals surface area contributed by atoms with Crippen LogP contribution >= 0.6 is 11.8 Å². The summed E-state index contributed by atoms with van der Waals surface area (Å²) in [6.07, 6.45) is 2.33. The highest BCUT2D eigenvalue weighted by Crippen LogP contribution is 2.21. The van der Waals surface area contributed by atoms with E-state index in [9.17, 15) is 0 Å². The molecule has 0 fully saturated rings. The van der Waals surface area contributed by atoms with E-state index < -0.39 is 0 Å². The number of nitrogens with one attached hydrogen (secondary N) is 1. The molecule has 0 aromatic heterocycles. The van der Waals surface area contributed by atoms with Crippen LogP contribution in [0.4, 0.5) is 0 Å². The molecular weight excluding hydrogens is 228 g/mol. The summed E-state index contributed by atoms with van der Waals surface area (Å²) in [4.78, 5) is 0. The average molecular weight is 252 g/mol. The highest BCUT2D eigenvalue weighted by molar-refractivity contribution is 7.99. The van der Waals surface area contributed by atoms with Crippen molar-refractivity contribution < 1.29 is 0 Å². The topological polar surface area (TPSA) is 38.0 Å². The zero-order chi connectivity index (χ0) is 12.7. The fourth-order valence-electron chi connectivity index (χ4n) is 1.78. The van der Waals surface area contributed by atoms with Crippen molar-refractivity contribution in [3.8, 4) is 0 Å². The van der Waals surface area contributed by atoms with Crippen LogP contribution < -0.4 is 11.3 Å². The molecule has 3 heteroatoms. The molecule has 0 spiro atoms. The van der Waals surface area contributed by atoms with Gasteiger partial charge in [-0.3, -0.25) is 11.3 Å². The first-order valence-electron chi connectivity index (χ1n) is 6.34. The molecule has 0 saturated carbocycles. The van der Waals surface area contributed by atoms with Crippen LogP contribution in [-0.4, -0.2) is 11.0 Å². The number of hydrogen-bond donors (Lipinski definition) is 2. The Morgan fingerprint density at radius 1 is 1.35 bits per heavy atom. The molecule has 0 radical (unpaired) electrons. The van der Waals surface area contributed by atoms with Crippen molar-refractivity contribution in [3.05, 3.63) is 35.4 Å². The molecule has 0 aliphatic rings. The van der Waals surface area contributed by atoms with Gasteiger partial charge in [-0.1, -0.05) is 51.5 Å². The average Bonchev–Trinajstić information content (AvgIpc) is 2.30. The van der Waals surface area contributed by atoms with Crippen LogP contribution in [-0.2, 0) is 6.42 Å². The zero-order valence-corrected chi connectivity index (χ0v) is 11.9. The molecule has 1 aromatic carbocycles. The Balaban J connectivity index is 2.69. The minimum Gasteiger partial charge on any atom is -0.271 e. The Labute approximate surface area is 109 Å². The van der Waals surface area contributed by atoms with Gasteiger partial charge in [0, 0.05) is 5.75 Å². The van der Waals surface area contributed by atoms with Gasteiger partial charge in [0.15, 0.2) is 0 Å². The molecule has 1 atom stereocenters. The maximum absolute atomic E-state index is 5.65. The van der Waals surface area contributed by atoms with E-state index in [-0.39, 0.29) is 6.04 Å². The van der Waals surface area contributed by atoms with Gasteiger partial charge in [0.1, 0.15) is 0 Å². The normalized spacial score (nSPS) is 13.0. The summed E-state index contributed by atoms with van der Waals surface area (Å²) < 4.78 is 0. The molecule has 17 heavy (non-hydrogen) atoms.